The van der Waals surface area contributed by atoms with Crippen molar-refractivity contribution < 1.29 is 23.9 Å². The van der Waals surface area contributed by atoms with E-state index in [4.69, 9.17) is 9.47 Å². The van der Waals surface area contributed by atoms with E-state index in [0.717, 1.165) is 18.4 Å². The zero-order chi connectivity index (χ0) is 20.1. The second-order valence-corrected chi connectivity index (χ2v) is 8.58. The summed E-state index contributed by atoms with van der Waals surface area (Å²) in [6.07, 6.45) is 2.35. The van der Waals surface area contributed by atoms with Gasteiger partial charge in [-0.05, 0) is 56.0 Å². The molecule has 2 amide bonds. The van der Waals surface area contributed by atoms with Crippen LogP contribution in [0.1, 0.15) is 52.0 Å². The molecule has 0 spiro atoms. The molecule has 1 saturated carbocycles. The molecule has 8 heteroatoms. The molecule has 1 aromatic heterocycles. The molecule has 1 aromatic rings. The van der Waals surface area contributed by atoms with Gasteiger partial charge in [0.05, 0.1) is 7.11 Å². The molecule has 27 heavy (non-hydrogen) atoms. The van der Waals surface area contributed by atoms with Crippen LogP contribution < -0.4 is 10.6 Å². The minimum atomic E-state index is -1.07. The minimum Gasteiger partial charge on any atom is -0.467 e. The summed E-state index contributed by atoms with van der Waals surface area (Å²) >= 11 is 1.52. The molecular weight excluding hydrogens is 368 g/mol. The van der Waals surface area contributed by atoms with Gasteiger partial charge >= 0.3 is 12.1 Å². The van der Waals surface area contributed by atoms with Crippen molar-refractivity contribution in [3.8, 4) is 0 Å². The first kappa shape index (κ1) is 21.2. The van der Waals surface area contributed by atoms with E-state index >= 15 is 0 Å². The fourth-order valence-corrected chi connectivity index (χ4v) is 3.84. The second-order valence-electron chi connectivity index (χ2n) is 7.80. The molecule has 2 rings (SSSR count). The zero-order valence-electron chi connectivity index (χ0n) is 16.3. The Bertz CT molecular complexity index is 660. The van der Waals surface area contributed by atoms with Crippen molar-refractivity contribution in [1.82, 2.24) is 10.6 Å². The number of nitrogens with one attached hydrogen (secondary N) is 2. The number of hydrogen-bond acceptors (Lipinski definition) is 6. The van der Waals surface area contributed by atoms with E-state index in [9.17, 15) is 14.4 Å². The van der Waals surface area contributed by atoms with Crippen molar-refractivity contribution in [3.63, 3.8) is 0 Å². The summed E-state index contributed by atoms with van der Waals surface area (Å²) in [5.74, 6) is -0.892. The molecule has 1 atom stereocenters. The molecule has 0 saturated heterocycles. The highest BCUT2D eigenvalue weighted by Crippen LogP contribution is 2.30. The van der Waals surface area contributed by atoms with Crippen LogP contribution in [0.2, 0.25) is 0 Å². The highest BCUT2D eigenvalue weighted by atomic mass is 32.1. The van der Waals surface area contributed by atoms with Crippen LogP contribution in [0.5, 0.6) is 0 Å². The summed E-state index contributed by atoms with van der Waals surface area (Å²) in [7, 11) is 1.29. The van der Waals surface area contributed by atoms with Gasteiger partial charge in [-0.25, -0.2) is 9.59 Å². The average molecular weight is 397 g/mol. The van der Waals surface area contributed by atoms with Gasteiger partial charge in [0.25, 0.3) is 0 Å². The lowest BCUT2D eigenvalue weighted by atomic mass is 9.95. The van der Waals surface area contributed by atoms with Crippen LogP contribution in [0, 0.1) is 0 Å². The van der Waals surface area contributed by atoms with Crippen molar-refractivity contribution in [2.75, 3.05) is 7.11 Å². The Kier molecular flexibility index (Phi) is 6.86. The number of carbonyl (C=O) groups excluding carboxylic acids is 3. The largest absolute Gasteiger partial charge is 0.467 e. The molecule has 0 bridgehead atoms. The van der Waals surface area contributed by atoms with Crippen molar-refractivity contribution in [3.05, 3.63) is 22.4 Å². The summed E-state index contributed by atoms with van der Waals surface area (Å²) in [6.45, 7) is 5.30. The Morgan fingerprint density at radius 3 is 2.44 bits per heavy atom. The summed E-state index contributed by atoms with van der Waals surface area (Å²) in [5.41, 5.74) is -0.784. The highest BCUT2D eigenvalue weighted by Gasteiger charge is 2.44. The summed E-state index contributed by atoms with van der Waals surface area (Å²) in [6, 6.07) is 1.09. The fraction of sp³-hybridized carbons (Fsp3) is 0.632. The van der Waals surface area contributed by atoms with Crippen LogP contribution in [-0.4, -0.2) is 42.3 Å². The third kappa shape index (κ3) is 5.95. The van der Waals surface area contributed by atoms with E-state index in [0.29, 0.717) is 19.3 Å². The molecular formula is C19H28N2O5S. The second kappa shape index (κ2) is 8.73. The molecule has 1 aliphatic carbocycles. The number of ether oxygens (including phenoxy) is 2. The molecule has 1 aliphatic rings. The van der Waals surface area contributed by atoms with Crippen LogP contribution in [0.25, 0.3) is 0 Å². The number of esters is 1. The summed E-state index contributed by atoms with van der Waals surface area (Å²) < 4.78 is 10.2. The number of amides is 2. The summed E-state index contributed by atoms with van der Waals surface area (Å²) in [4.78, 5) is 37.5. The number of thiophene rings is 1. The smallest absolute Gasteiger partial charge is 0.408 e. The maximum Gasteiger partial charge on any atom is 0.408 e. The highest BCUT2D eigenvalue weighted by molar-refractivity contribution is 7.07. The first-order chi connectivity index (χ1) is 12.6. The van der Waals surface area contributed by atoms with Crippen molar-refractivity contribution in [2.45, 2.75) is 70.1 Å². The van der Waals surface area contributed by atoms with E-state index in [-0.39, 0.29) is 5.91 Å². The molecule has 0 aliphatic heterocycles. The molecule has 0 aromatic carbocycles. The maximum atomic E-state index is 13.0. The molecule has 7 nitrogen and oxygen atoms in total. The topological polar surface area (TPSA) is 93.7 Å². The fourth-order valence-electron chi connectivity index (χ4n) is 3.16. The SMILES string of the molecule is COC(=O)[C@H](Cc1ccsc1)NC(=O)C1(NC(=O)OC(C)(C)C)CCCC1. The molecule has 0 unspecified atom stereocenters. The van der Waals surface area contributed by atoms with Gasteiger partial charge in [-0.2, -0.15) is 11.3 Å². The van der Waals surface area contributed by atoms with Gasteiger partial charge in [-0.15, -0.1) is 0 Å². The van der Waals surface area contributed by atoms with E-state index < -0.39 is 29.2 Å². The normalized spacial score (nSPS) is 17.0. The predicted octanol–water partition coefficient (Wildman–Crippen LogP) is 2.79. The van der Waals surface area contributed by atoms with Crippen LogP contribution in [0.4, 0.5) is 4.79 Å². The van der Waals surface area contributed by atoms with E-state index in [1.54, 1.807) is 20.8 Å². The van der Waals surface area contributed by atoms with Crippen LogP contribution in [0.15, 0.2) is 16.8 Å². The zero-order valence-corrected chi connectivity index (χ0v) is 17.1. The molecule has 150 valence electrons. The van der Waals surface area contributed by atoms with Gasteiger partial charge in [-0.1, -0.05) is 12.8 Å². The van der Waals surface area contributed by atoms with Gasteiger partial charge in [0, 0.05) is 6.42 Å². The average Bonchev–Trinajstić information content (AvgIpc) is 3.24. The number of alkyl carbamates (subject to hydrolysis) is 1. The number of carbonyl (C=O) groups is 3. The number of hydrogen-bond donors (Lipinski definition) is 2. The first-order valence-electron chi connectivity index (χ1n) is 9.06. The van der Waals surface area contributed by atoms with Gasteiger partial charge in [-0.3, -0.25) is 4.79 Å². The number of methoxy groups -OCH3 is 1. The standard InChI is InChI=1S/C19H28N2O5S/c1-18(2,3)26-17(24)21-19(8-5-6-9-19)16(23)20-14(15(22)25-4)11-13-7-10-27-12-13/h7,10,12,14H,5-6,8-9,11H2,1-4H3,(H,20,23)(H,21,24)/t14-/m0/s1. The van der Waals surface area contributed by atoms with Crippen LogP contribution in [-0.2, 0) is 25.5 Å². The van der Waals surface area contributed by atoms with E-state index in [1.807, 2.05) is 16.8 Å². The van der Waals surface area contributed by atoms with Gasteiger partial charge in [0.1, 0.15) is 17.2 Å². The number of rotatable bonds is 6. The monoisotopic (exact) mass is 396 g/mol. The predicted molar refractivity (Wildman–Crippen MR) is 103 cm³/mol. The Morgan fingerprint density at radius 1 is 1.26 bits per heavy atom. The Balaban J connectivity index is 2.11. The van der Waals surface area contributed by atoms with E-state index in [2.05, 4.69) is 10.6 Å². The summed E-state index contributed by atoms with van der Waals surface area (Å²) in [5, 5.41) is 9.36. The Morgan fingerprint density at radius 2 is 1.93 bits per heavy atom. The lowest BCUT2D eigenvalue weighted by molar-refractivity contribution is -0.145. The third-order valence-corrected chi connectivity index (χ3v) is 5.17. The van der Waals surface area contributed by atoms with Crippen molar-refractivity contribution in [2.24, 2.45) is 0 Å². The quantitative estimate of drug-likeness (QED) is 0.721. The lowest BCUT2D eigenvalue weighted by Crippen LogP contribution is -2.60. The first-order valence-corrected chi connectivity index (χ1v) is 10.0. The Hall–Kier alpha value is -2.09. The third-order valence-electron chi connectivity index (χ3n) is 4.44. The Labute approximate surface area is 163 Å². The van der Waals surface area contributed by atoms with Gasteiger partial charge in [0.2, 0.25) is 5.91 Å². The lowest BCUT2D eigenvalue weighted by Gasteiger charge is -2.31. The van der Waals surface area contributed by atoms with Crippen molar-refractivity contribution >= 4 is 29.3 Å². The molecule has 1 fully saturated rings. The van der Waals surface area contributed by atoms with Gasteiger partial charge < -0.3 is 20.1 Å². The van der Waals surface area contributed by atoms with Gasteiger partial charge in [0.15, 0.2) is 0 Å². The maximum absolute atomic E-state index is 13.0. The van der Waals surface area contributed by atoms with Crippen molar-refractivity contribution in [1.29, 1.82) is 0 Å². The van der Waals surface area contributed by atoms with E-state index in [1.165, 1.54) is 18.4 Å². The minimum absolute atomic E-state index is 0.338. The molecule has 0 radical (unpaired) electrons. The van der Waals surface area contributed by atoms with Crippen LogP contribution in [0.3, 0.4) is 0 Å². The van der Waals surface area contributed by atoms with Crippen LogP contribution >= 0.6 is 11.3 Å². The molecule has 2 N–H and O–H groups in total. The molecule has 1 heterocycles.